The molecule has 0 aromatic heterocycles. The molecule has 1 heterocycles. The third kappa shape index (κ3) is 5.05. The van der Waals surface area contributed by atoms with Crippen molar-refractivity contribution in [1.29, 1.82) is 0 Å². The Morgan fingerprint density at radius 2 is 1.84 bits per heavy atom. The van der Waals surface area contributed by atoms with Gasteiger partial charge in [-0.1, -0.05) is 0 Å². The minimum Gasteiger partial charge on any atom is -0.317 e. The first kappa shape index (κ1) is 15.3. The molecule has 2 aliphatic rings. The fraction of sp³-hybridized carbons (Fsp3) is 1.00. The molecule has 1 aliphatic carbocycles. The van der Waals surface area contributed by atoms with E-state index >= 15 is 0 Å². The zero-order valence-electron chi connectivity index (χ0n) is 13.2. The molecule has 1 atom stereocenters. The van der Waals surface area contributed by atoms with Crippen LogP contribution >= 0.6 is 0 Å². The van der Waals surface area contributed by atoms with Gasteiger partial charge in [-0.15, -0.1) is 0 Å². The Bertz CT molecular complexity index is 248. The van der Waals surface area contributed by atoms with Crippen molar-refractivity contribution in [1.82, 2.24) is 15.1 Å². The van der Waals surface area contributed by atoms with Crippen LogP contribution in [0.4, 0.5) is 0 Å². The summed E-state index contributed by atoms with van der Waals surface area (Å²) in [4.78, 5) is 5.06. The van der Waals surface area contributed by atoms with Gasteiger partial charge in [0.15, 0.2) is 0 Å². The number of nitrogens with zero attached hydrogens (tertiary/aromatic N) is 2. The summed E-state index contributed by atoms with van der Waals surface area (Å²) in [6, 6.07) is 0.788. The van der Waals surface area contributed by atoms with Crippen molar-refractivity contribution in [2.75, 3.05) is 47.3 Å². The monoisotopic (exact) mass is 267 g/mol. The van der Waals surface area contributed by atoms with Gasteiger partial charge >= 0.3 is 0 Å². The average Bonchev–Trinajstić information content (AvgIpc) is 2.83. The maximum atomic E-state index is 3.43. The van der Waals surface area contributed by atoms with Gasteiger partial charge < -0.3 is 15.1 Å². The summed E-state index contributed by atoms with van der Waals surface area (Å²) < 4.78 is 0. The second-order valence-electron chi connectivity index (χ2n) is 6.97. The molecule has 0 aromatic carbocycles. The highest BCUT2D eigenvalue weighted by Crippen LogP contribution is 2.25. The highest BCUT2D eigenvalue weighted by molar-refractivity contribution is 4.78. The number of hydrogen-bond acceptors (Lipinski definition) is 3. The van der Waals surface area contributed by atoms with Crippen LogP contribution in [0.2, 0.25) is 0 Å². The molecule has 0 radical (unpaired) electrons. The van der Waals surface area contributed by atoms with Gasteiger partial charge in [-0.3, -0.25) is 0 Å². The quantitative estimate of drug-likeness (QED) is 0.794. The molecular formula is C16H33N3. The fourth-order valence-corrected chi connectivity index (χ4v) is 3.83. The number of hydrogen-bond donors (Lipinski definition) is 1. The molecule has 1 aliphatic heterocycles. The normalized spacial score (nSPS) is 33.2. The van der Waals surface area contributed by atoms with Crippen molar-refractivity contribution < 1.29 is 0 Å². The topological polar surface area (TPSA) is 18.5 Å². The summed E-state index contributed by atoms with van der Waals surface area (Å²) in [5.41, 5.74) is 0. The molecule has 1 N–H and O–H groups in total. The van der Waals surface area contributed by atoms with Gasteiger partial charge in [-0.05, 0) is 84.6 Å². The zero-order valence-corrected chi connectivity index (χ0v) is 13.2. The van der Waals surface area contributed by atoms with Crippen LogP contribution in [-0.2, 0) is 0 Å². The lowest BCUT2D eigenvalue weighted by molar-refractivity contribution is 0.207. The summed E-state index contributed by atoms with van der Waals surface area (Å²) >= 11 is 0. The first-order valence-electron chi connectivity index (χ1n) is 8.21. The van der Waals surface area contributed by atoms with Crippen molar-refractivity contribution in [3.8, 4) is 0 Å². The first-order valence-corrected chi connectivity index (χ1v) is 8.21. The summed E-state index contributed by atoms with van der Waals surface area (Å²) in [7, 11) is 6.68. The summed E-state index contributed by atoms with van der Waals surface area (Å²) in [5.74, 6) is 1.90. The smallest absolute Gasteiger partial charge is 0.00642 e. The predicted octanol–water partition coefficient (Wildman–Crippen LogP) is 2.04. The van der Waals surface area contributed by atoms with Crippen LogP contribution in [-0.4, -0.2) is 63.2 Å². The van der Waals surface area contributed by atoms with E-state index in [2.05, 4.69) is 36.3 Å². The maximum Gasteiger partial charge on any atom is 0.00642 e. The third-order valence-electron chi connectivity index (χ3n) is 5.23. The molecular weight excluding hydrogens is 234 g/mol. The van der Waals surface area contributed by atoms with E-state index in [1.54, 1.807) is 0 Å². The summed E-state index contributed by atoms with van der Waals surface area (Å²) in [5, 5.41) is 3.43. The van der Waals surface area contributed by atoms with Gasteiger partial charge in [0.25, 0.3) is 0 Å². The van der Waals surface area contributed by atoms with E-state index in [4.69, 9.17) is 0 Å². The predicted molar refractivity (Wildman–Crippen MR) is 82.5 cm³/mol. The Morgan fingerprint density at radius 3 is 2.42 bits per heavy atom. The van der Waals surface area contributed by atoms with Crippen molar-refractivity contribution in [3.05, 3.63) is 0 Å². The van der Waals surface area contributed by atoms with Gasteiger partial charge in [-0.2, -0.15) is 0 Å². The molecule has 0 aromatic rings. The van der Waals surface area contributed by atoms with E-state index < -0.39 is 0 Å². The van der Waals surface area contributed by atoms with Crippen LogP contribution < -0.4 is 5.32 Å². The van der Waals surface area contributed by atoms with E-state index in [0.29, 0.717) is 0 Å². The lowest BCUT2D eigenvalue weighted by Gasteiger charge is -2.31. The second-order valence-corrected chi connectivity index (χ2v) is 6.97. The molecule has 3 heteroatoms. The summed E-state index contributed by atoms with van der Waals surface area (Å²) in [6.45, 7) is 5.24. The Balaban J connectivity index is 1.58. The average molecular weight is 267 g/mol. The Hall–Kier alpha value is -0.120. The zero-order chi connectivity index (χ0) is 13.7. The van der Waals surface area contributed by atoms with Crippen LogP contribution in [0.3, 0.4) is 0 Å². The molecule has 112 valence electrons. The van der Waals surface area contributed by atoms with Crippen molar-refractivity contribution in [2.24, 2.45) is 11.8 Å². The minimum atomic E-state index is 0.788. The van der Waals surface area contributed by atoms with Crippen LogP contribution in [0, 0.1) is 11.8 Å². The molecule has 0 bridgehead atoms. The van der Waals surface area contributed by atoms with Crippen LogP contribution in [0.25, 0.3) is 0 Å². The molecule has 2 fully saturated rings. The Kier molecular flexibility index (Phi) is 6.11. The van der Waals surface area contributed by atoms with Crippen LogP contribution in [0.15, 0.2) is 0 Å². The molecule has 1 unspecified atom stereocenters. The SMILES string of the molecule is CNC1CCC(CN(C)CCC2CCN(C)C2)CC1. The van der Waals surface area contributed by atoms with Gasteiger partial charge in [0, 0.05) is 19.1 Å². The molecule has 0 amide bonds. The Labute approximate surface area is 119 Å². The lowest BCUT2D eigenvalue weighted by Crippen LogP contribution is -2.35. The molecule has 19 heavy (non-hydrogen) atoms. The first-order chi connectivity index (χ1) is 9.17. The van der Waals surface area contributed by atoms with Gasteiger partial charge in [-0.25, -0.2) is 0 Å². The molecule has 1 saturated heterocycles. The van der Waals surface area contributed by atoms with E-state index in [1.165, 1.54) is 64.7 Å². The molecule has 1 saturated carbocycles. The lowest BCUT2D eigenvalue weighted by atomic mass is 9.86. The molecule has 2 rings (SSSR count). The minimum absolute atomic E-state index is 0.788. The molecule has 3 nitrogen and oxygen atoms in total. The van der Waals surface area contributed by atoms with E-state index in [-0.39, 0.29) is 0 Å². The van der Waals surface area contributed by atoms with Crippen LogP contribution in [0.1, 0.15) is 38.5 Å². The molecule has 0 spiro atoms. The highest BCUT2D eigenvalue weighted by Gasteiger charge is 2.22. The number of rotatable bonds is 6. The van der Waals surface area contributed by atoms with Gasteiger partial charge in [0.05, 0.1) is 0 Å². The van der Waals surface area contributed by atoms with Gasteiger partial charge in [0.2, 0.25) is 0 Å². The van der Waals surface area contributed by atoms with Crippen molar-refractivity contribution in [2.45, 2.75) is 44.6 Å². The number of likely N-dealkylation sites (tertiary alicyclic amines) is 1. The standard InChI is InChI=1S/C16H33N3/c1-17-16-6-4-14(5-7-16)12-18(2)10-8-15-9-11-19(3)13-15/h14-17H,4-13H2,1-3H3. The largest absolute Gasteiger partial charge is 0.317 e. The number of nitrogens with one attached hydrogen (secondary N) is 1. The van der Waals surface area contributed by atoms with E-state index in [9.17, 15) is 0 Å². The van der Waals surface area contributed by atoms with Gasteiger partial charge in [0.1, 0.15) is 0 Å². The highest BCUT2D eigenvalue weighted by atomic mass is 15.1. The van der Waals surface area contributed by atoms with Crippen LogP contribution in [0.5, 0.6) is 0 Å². The Morgan fingerprint density at radius 1 is 1.11 bits per heavy atom. The van der Waals surface area contributed by atoms with E-state index in [0.717, 1.165) is 17.9 Å². The second kappa shape index (κ2) is 7.61. The van der Waals surface area contributed by atoms with E-state index in [1.807, 2.05) is 0 Å². The third-order valence-corrected chi connectivity index (χ3v) is 5.23. The van der Waals surface area contributed by atoms with Crippen molar-refractivity contribution >= 4 is 0 Å². The summed E-state index contributed by atoms with van der Waals surface area (Å²) in [6.07, 6.45) is 8.40. The van der Waals surface area contributed by atoms with Crippen molar-refractivity contribution in [3.63, 3.8) is 0 Å². The fourth-order valence-electron chi connectivity index (χ4n) is 3.83. The maximum absolute atomic E-state index is 3.43.